The number of anilines is 2. The molecule has 2 rings (SSSR count). The molecule has 0 fully saturated rings. The van der Waals surface area contributed by atoms with Crippen molar-refractivity contribution in [2.75, 3.05) is 23.0 Å². The van der Waals surface area contributed by atoms with Crippen LogP contribution in [0.5, 0.6) is 0 Å². The Morgan fingerprint density at radius 3 is 2.53 bits per heavy atom. The highest BCUT2D eigenvalue weighted by molar-refractivity contribution is 8.01. The predicted molar refractivity (Wildman–Crippen MR) is 117 cm³/mol. The number of thioether (sulfide) groups is 1. The molecular weight excluding hydrogens is 406 g/mol. The van der Waals surface area contributed by atoms with E-state index in [2.05, 4.69) is 15.8 Å². The lowest BCUT2D eigenvalue weighted by molar-refractivity contribution is -0.144. The van der Waals surface area contributed by atoms with Gasteiger partial charge in [-0.15, -0.1) is 11.8 Å². The fourth-order valence-electron chi connectivity index (χ4n) is 2.63. The number of nitrogens with zero attached hydrogens (tertiary/aromatic N) is 1. The molecule has 162 valence electrons. The molecule has 2 N–H and O–H groups in total. The summed E-state index contributed by atoms with van der Waals surface area (Å²) in [6, 6.07) is 7.42. The number of aryl methyl sites for hydroxylation is 2. The third kappa shape index (κ3) is 6.91. The van der Waals surface area contributed by atoms with Crippen molar-refractivity contribution in [1.82, 2.24) is 5.16 Å². The van der Waals surface area contributed by atoms with E-state index in [9.17, 15) is 14.4 Å². The molecule has 1 aromatic heterocycles. The normalized spacial score (nSPS) is 11.8. The van der Waals surface area contributed by atoms with Crippen molar-refractivity contribution in [3.05, 3.63) is 41.2 Å². The lowest BCUT2D eigenvalue weighted by Crippen LogP contribution is -2.26. The third-order valence-electron chi connectivity index (χ3n) is 4.26. The van der Waals surface area contributed by atoms with Crippen LogP contribution in [0.15, 0.2) is 28.8 Å². The van der Waals surface area contributed by atoms with E-state index in [4.69, 9.17) is 9.26 Å². The molecule has 0 saturated carbocycles. The van der Waals surface area contributed by atoms with Crippen LogP contribution in [0, 0.1) is 13.8 Å². The Kier molecular flexibility index (Phi) is 8.46. The Labute approximate surface area is 180 Å². The first-order chi connectivity index (χ1) is 14.2. The van der Waals surface area contributed by atoms with Gasteiger partial charge in [0.15, 0.2) is 12.4 Å². The van der Waals surface area contributed by atoms with E-state index in [0.29, 0.717) is 11.6 Å². The van der Waals surface area contributed by atoms with E-state index in [0.717, 1.165) is 28.6 Å². The molecule has 2 aromatic rings. The number of rotatable bonds is 9. The molecule has 0 bridgehead atoms. The summed E-state index contributed by atoms with van der Waals surface area (Å²) < 4.78 is 9.92. The highest BCUT2D eigenvalue weighted by atomic mass is 32.2. The zero-order valence-electron chi connectivity index (χ0n) is 17.8. The zero-order chi connectivity index (χ0) is 22.3. The van der Waals surface area contributed by atoms with E-state index >= 15 is 0 Å². The van der Waals surface area contributed by atoms with E-state index in [1.807, 2.05) is 39.0 Å². The SMILES string of the molecule is Cc1cc(NC(=O)[C@H](C)SCC(=O)OCC(=O)Nc2c(C)cccc2C(C)C)no1. The molecule has 2 amide bonds. The average Bonchev–Trinajstić information content (AvgIpc) is 3.10. The molecule has 0 aliphatic heterocycles. The molecule has 1 atom stereocenters. The first-order valence-electron chi connectivity index (χ1n) is 9.58. The van der Waals surface area contributed by atoms with Gasteiger partial charge in [0.05, 0.1) is 11.0 Å². The topological polar surface area (TPSA) is 111 Å². The van der Waals surface area contributed by atoms with Gasteiger partial charge in [-0.1, -0.05) is 37.2 Å². The maximum atomic E-state index is 12.2. The van der Waals surface area contributed by atoms with Crippen molar-refractivity contribution in [3.8, 4) is 0 Å². The number of nitrogens with one attached hydrogen (secondary N) is 2. The van der Waals surface area contributed by atoms with Gasteiger partial charge in [-0.2, -0.15) is 0 Å². The number of amides is 2. The van der Waals surface area contributed by atoms with Crippen LogP contribution < -0.4 is 10.6 Å². The largest absolute Gasteiger partial charge is 0.455 e. The first-order valence-corrected chi connectivity index (χ1v) is 10.6. The van der Waals surface area contributed by atoms with Crippen LogP contribution in [0.4, 0.5) is 11.5 Å². The maximum Gasteiger partial charge on any atom is 0.316 e. The maximum absolute atomic E-state index is 12.2. The van der Waals surface area contributed by atoms with Crippen molar-refractivity contribution < 1.29 is 23.6 Å². The van der Waals surface area contributed by atoms with E-state index < -0.39 is 17.1 Å². The summed E-state index contributed by atoms with van der Waals surface area (Å²) in [4.78, 5) is 36.3. The van der Waals surface area contributed by atoms with Gasteiger partial charge in [0.1, 0.15) is 5.76 Å². The summed E-state index contributed by atoms with van der Waals surface area (Å²) in [5, 5.41) is 8.60. The van der Waals surface area contributed by atoms with Crippen molar-refractivity contribution in [3.63, 3.8) is 0 Å². The fraction of sp³-hybridized carbons (Fsp3) is 0.429. The molecule has 0 unspecified atom stereocenters. The van der Waals surface area contributed by atoms with Gasteiger partial charge in [0.25, 0.3) is 5.91 Å². The lowest BCUT2D eigenvalue weighted by atomic mass is 9.98. The summed E-state index contributed by atoms with van der Waals surface area (Å²) in [5.41, 5.74) is 2.71. The predicted octanol–water partition coefficient (Wildman–Crippen LogP) is 3.66. The highest BCUT2D eigenvalue weighted by Crippen LogP contribution is 2.27. The number of hydrogen-bond donors (Lipinski definition) is 2. The second kappa shape index (κ2) is 10.8. The van der Waals surface area contributed by atoms with Crippen molar-refractivity contribution in [2.45, 2.75) is 45.8 Å². The van der Waals surface area contributed by atoms with Crippen molar-refractivity contribution in [1.29, 1.82) is 0 Å². The van der Waals surface area contributed by atoms with Gasteiger partial charge in [0.2, 0.25) is 5.91 Å². The fourth-order valence-corrected chi connectivity index (χ4v) is 3.31. The van der Waals surface area contributed by atoms with Crippen LogP contribution in [0.25, 0.3) is 0 Å². The average molecular weight is 434 g/mol. The minimum absolute atomic E-state index is 0.0542. The Morgan fingerprint density at radius 2 is 1.90 bits per heavy atom. The van der Waals surface area contributed by atoms with Gasteiger partial charge in [-0.3, -0.25) is 14.4 Å². The number of carbonyl (C=O) groups excluding carboxylic acids is 3. The van der Waals surface area contributed by atoms with Gasteiger partial charge >= 0.3 is 5.97 Å². The quantitative estimate of drug-likeness (QED) is 0.581. The Bertz CT molecular complexity index is 910. The third-order valence-corrected chi connectivity index (χ3v) is 5.37. The highest BCUT2D eigenvalue weighted by Gasteiger charge is 2.18. The number of para-hydroxylation sites is 1. The van der Waals surface area contributed by atoms with E-state index in [-0.39, 0.29) is 24.2 Å². The molecule has 30 heavy (non-hydrogen) atoms. The smallest absolute Gasteiger partial charge is 0.316 e. The Hall–Kier alpha value is -2.81. The molecule has 9 heteroatoms. The van der Waals surface area contributed by atoms with E-state index in [1.54, 1.807) is 19.9 Å². The molecule has 0 saturated heterocycles. The molecule has 1 heterocycles. The minimum Gasteiger partial charge on any atom is -0.455 e. The van der Waals surface area contributed by atoms with Gasteiger partial charge < -0.3 is 19.9 Å². The Morgan fingerprint density at radius 1 is 1.17 bits per heavy atom. The Balaban J connectivity index is 1.76. The minimum atomic E-state index is -0.569. The molecule has 0 spiro atoms. The van der Waals surface area contributed by atoms with Crippen LogP contribution in [0.2, 0.25) is 0 Å². The molecular formula is C21H27N3O5S. The second-order valence-corrected chi connectivity index (χ2v) is 8.50. The van der Waals surface area contributed by atoms with Crippen LogP contribution in [0.1, 0.15) is 43.6 Å². The molecule has 1 aromatic carbocycles. The van der Waals surface area contributed by atoms with E-state index in [1.165, 1.54) is 0 Å². The van der Waals surface area contributed by atoms with Gasteiger partial charge in [0, 0.05) is 11.8 Å². The standard InChI is InChI=1S/C21H27N3O5S/c1-12(2)16-8-6-7-13(3)20(16)23-18(25)10-28-19(26)11-30-15(5)21(27)22-17-9-14(4)29-24-17/h6-9,12,15H,10-11H2,1-5H3,(H,23,25)(H,22,24,27)/t15-/m0/s1. The number of esters is 1. The van der Waals surface area contributed by atoms with Crippen LogP contribution in [0.3, 0.4) is 0 Å². The number of aromatic nitrogens is 1. The van der Waals surface area contributed by atoms with Crippen LogP contribution in [-0.4, -0.2) is 40.6 Å². The van der Waals surface area contributed by atoms with Crippen LogP contribution >= 0.6 is 11.8 Å². The van der Waals surface area contributed by atoms with Crippen molar-refractivity contribution >= 4 is 41.1 Å². The summed E-state index contributed by atoms with van der Waals surface area (Å²) in [7, 11) is 0. The second-order valence-electron chi connectivity index (χ2n) is 7.17. The molecule has 0 radical (unpaired) electrons. The summed E-state index contributed by atoms with van der Waals surface area (Å²) in [5.74, 6) is -0.188. The number of hydrogen-bond acceptors (Lipinski definition) is 7. The summed E-state index contributed by atoms with van der Waals surface area (Å²) in [6.45, 7) is 9.00. The summed E-state index contributed by atoms with van der Waals surface area (Å²) in [6.07, 6.45) is 0. The number of benzene rings is 1. The van der Waals surface area contributed by atoms with Crippen LogP contribution in [-0.2, 0) is 19.1 Å². The van der Waals surface area contributed by atoms with Gasteiger partial charge in [-0.05, 0) is 37.8 Å². The molecule has 8 nitrogen and oxygen atoms in total. The monoisotopic (exact) mass is 433 g/mol. The molecule has 0 aliphatic carbocycles. The summed E-state index contributed by atoms with van der Waals surface area (Å²) >= 11 is 1.11. The number of ether oxygens (including phenoxy) is 1. The first kappa shape index (κ1) is 23.5. The lowest BCUT2D eigenvalue weighted by Gasteiger charge is -2.16. The zero-order valence-corrected chi connectivity index (χ0v) is 18.6. The van der Waals surface area contributed by atoms with Crippen molar-refractivity contribution in [2.24, 2.45) is 0 Å². The number of carbonyl (C=O) groups is 3. The van der Waals surface area contributed by atoms with Gasteiger partial charge in [-0.25, -0.2) is 0 Å². The molecule has 0 aliphatic rings.